The summed E-state index contributed by atoms with van der Waals surface area (Å²) < 4.78 is 37.8. The Bertz CT molecular complexity index is 789. The lowest BCUT2D eigenvalue weighted by Gasteiger charge is -2.35. The number of benzene rings is 1. The van der Waals surface area contributed by atoms with Crippen LogP contribution in [0.2, 0.25) is 0 Å². The largest absolute Gasteiger partial charge is 0.493 e. The van der Waals surface area contributed by atoms with Gasteiger partial charge in [-0.15, -0.1) is 0 Å². The van der Waals surface area contributed by atoms with E-state index in [1.54, 1.807) is 11.0 Å². The molecule has 1 aromatic carbocycles. The molecular weight excluding hydrogens is 394 g/mol. The van der Waals surface area contributed by atoms with Gasteiger partial charge in [-0.3, -0.25) is 9.69 Å². The zero-order chi connectivity index (χ0) is 21.6. The molecule has 0 bridgehead atoms. The van der Waals surface area contributed by atoms with Crippen molar-refractivity contribution in [3.05, 3.63) is 18.2 Å². The van der Waals surface area contributed by atoms with Crippen molar-refractivity contribution in [3.8, 4) is 11.5 Å². The maximum absolute atomic E-state index is 13.0. The summed E-state index contributed by atoms with van der Waals surface area (Å²) in [5.74, 6) is 1.48. The van der Waals surface area contributed by atoms with Gasteiger partial charge in [-0.25, -0.2) is 8.42 Å². The molecule has 0 aliphatic carbocycles. The topological polar surface area (TPSA) is 79.4 Å². The van der Waals surface area contributed by atoms with Crippen LogP contribution in [0.5, 0.6) is 11.5 Å². The van der Waals surface area contributed by atoms with E-state index in [0.29, 0.717) is 37.1 Å². The minimum absolute atomic E-state index is 0.0411. The zero-order valence-corrected chi connectivity index (χ0v) is 18.9. The summed E-state index contributed by atoms with van der Waals surface area (Å²) >= 11 is 0. The number of ether oxygens (including phenoxy) is 2. The normalized spacial score (nSPS) is 15.8. The molecule has 0 saturated carbocycles. The van der Waals surface area contributed by atoms with Crippen molar-refractivity contribution in [2.24, 2.45) is 5.92 Å². The van der Waals surface area contributed by atoms with Crippen molar-refractivity contribution in [1.29, 1.82) is 0 Å². The Kier molecular flexibility index (Phi) is 8.30. The first-order valence-electron chi connectivity index (χ1n) is 9.87. The molecule has 1 aliphatic heterocycles. The highest BCUT2D eigenvalue weighted by Gasteiger charge is 2.31. The van der Waals surface area contributed by atoms with E-state index in [0.717, 1.165) is 13.0 Å². The number of rotatable bonds is 9. The third-order valence-electron chi connectivity index (χ3n) is 5.08. The molecule has 0 aromatic heterocycles. The lowest BCUT2D eigenvalue weighted by Crippen LogP contribution is -2.52. The van der Waals surface area contributed by atoms with Crippen molar-refractivity contribution in [3.63, 3.8) is 0 Å². The van der Waals surface area contributed by atoms with Gasteiger partial charge in [0.2, 0.25) is 15.9 Å². The van der Waals surface area contributed by atoms with Crippen LogP contribution in [0.25, 0.3) is 0 Å². The number of hydrogen-bond acceptors (Lipinski definition) is 6. The monoisotopic (exact) mass is 427 g/mol. The Balaban J connectivity index is 1.96. The summed E-state index contributed by atoms with van der Waals surface area (Å²) in [5, 5.41) is 0. The lowest BCUT2D eigenvalue weighted by atomic mass is 10.1. The molecule has 0 N–H and O–H groups in total. The van der Waals surface area contributed by atoms with E-state index in [2.05, 4.69) is 13.8 Å². The molecule has 1 aromatic rings. The quantitative estimate of drug-likeness (QED) is 0.595. The van der Waals surface area contributed by atoms with Gasteiger partial charge >= 0.3 is 0 Å². The Hall–Kier alpha value is -1.84. The highest BCUT2D eigenvalue weighted by atomic mass is 32.2. The van der Waals surface area contributed by atoms with Gasteiger partial charge in [-0.1, -0.05) is 13.8 Å². The van der Waals surface area contributed by atoms with Gasteiger partial charge in [0, 0.05) is 32.2 Å². The summed E-state index contributed by atoms with van der Waals surface area (Å²) in [6.45, 7) is 6.89. The van der Waals surface area contributed by atoms with Gasteiger partial charge in [0.25, 0.3) is 0 Å². The van der Waals surface area contributed by atoms with Crippen molar-refractivity contribution in [1.82, 2.24) is 14.1 Å². The minimum Gasteiger partial charge on any atom is -0.493 e. The third kappa shape index (κ3) is 6.07. The number of methoxy groups -OCH3 is 2. The predicted molar refractivity (Wildman–Crippen MR) is 112 cm³/mol. The second kappa shape index (κ2) is 10.3. The molecule has 8 nitrogen and oxygen atoms in total. The van der Waals surface area contributed by atoms with E-state index >= 15 is 0 Å². The second-order valence-electron chi connectivity index (χ2n) is 7.72. The molecule has 1 fully saturated rings. The van der Waals surface area contributed by atoms with E-state index in [1.807, 2.05) is 11.9 Å². The van der Waals surface area contributed by atoms with E-state index < -0.39 is 10.0 Å². The van der Waals surface area contributed by atoms with Crippen LogP contribution in [0.1, 0.15) is 20.3 Å². The molecule has 29 heavy (non-hydrogen) atoms. The first-order valence-corrected chi connectivity index (χ1v) is 11.3. The SMILES string of the molecule is COc1ccc(S(=O)(=O)N2CCN(C(=O)CN(C)CCC(C)C)CC2)cc1OC. The van der Waals surface area contributed by atoms with Gasteiger partial charge in [-0.2, -0.15) is 4.31 Å². The molecule has 0 spiro atoms. The molecule has 1 amide bonds. The first-order chi connectivity index (χ1) is 13.7. The summed E-state index contributed by atoms with van der Waals surface area (Å²) in [6.07, 6.45) is 1.04. The Morgan fingerprint density at radius 3 is 2.28 bits per heavy atom. The van der Waals surface area contributed by atoms with Crippen LogP contribution in [0.15, 0.2) is 23.1 Å². The van der Waals surface area contributed by atoms with Crippen LogP contribution in [0, 0.1) is 5.92 Å². The maximum atomic E-state index is 13.0. The number of hydrogen-bond donors (Lipinski definition) is 0. The van der Waals surface area contributed by atoms with Crippen LogP contribution >= 0.6 is 0 Å². The molecule has 1 heterocycles. The van der Waals surface area contributed by atoms with Crippen LogP contribution < -0.4 is 9.47 Å². The first kappa shape index (κ1) is 23.4. The fraction of sp³-hybridized carbons (Fsp3) is 0.650. The predicted octanol–water partition coefficient (Wildman–Crippen LogP) is 1.51. The minimum atomic E-state index is -3.66. The molecular formula is C20H33N3O5S. The van der Waals surface area contributed by atoms with Crippen molar-refractivity contribution < 1.29 is 22.7 Å². The van der Waals surface area contributed by atoms with Crippen molar-refractivity contribution in [2.75, 3.05) is 60.5 Å². The fourth-order valence-electron chi connectivity index (χ4n) is 3.19. The van der Waals surface area contributed by atoms with Crippen molar-refractivity contribution >= 4 is 15.9 Å². The second-order valence-corrected chi connectivity index (χ2v) is 9.66. The number of likely N-dealkylation sites (N-methyl/N-ethyl adjacent to an activating group) is 1. The highest BCUT2D eigenvalue weighted by molar-refractivity contribution is 7.89. The van der Waals surface area contributed by atoms with Gasteiger partial charge in [0.15, 0.2) is 11.5 Å². The number of amides is 1. The highest BCUT2D eigenvalue weighted by Crippen LogP contribution is 2.30. The van der Waals surface area contributed by atoms with Crippen LogP contribution in [0.3, 0.4) is 0 Å². The number of piperazine rings is 1. The molecule has 1 saturated heterocycles. The Morgan fingerprint density at radius 2 is 1.72 bits per heavy atom. The molecule has 0 atom stereocenters. The number of carbonyl (C=O) groups excluding carboxylic acids is 1. The van der Waals surface area contributed by atoms with Gasteiger partial charge in [0.05, 0.1) is 25.7 Å². The standard InChI is InChI=1S/C20H33N3O5S/c1-16(2)8-9-21(3)15-20(24)22-10-12-23(13-11-22)29(25,26)17-6-7-18(27-4)19(14-17)28-5/h6-7,14,16H,8-13,15H2,1-5H3. The van der Waals surface area contributed by atoms with Gasteiger partial charge < -0.3 is 14.4 Å². The van der Waals surface area contributed by atoms with Crippen LogP contribution in [-0.2, 0) is 14.8 Å². The van der Waals surface area contributed by atoms with Gasteiger partial charge in [0.1, 0.15) is 0 Å². The maximum Gasteiger partial charge on any atom is 0.243 e. The average Bonchev–Trinajstić information content (AvgIpc) is 2.71. The lowest BCUT2D eigenvalue weighted by molar-refractivity contribution is -0.133. The summed E-state index contributed by atoms with van der Waals surface area (Å²) in [7, 11) is 1.25. The van der Waals surface area contributed by atoms with Crippen LogP contribution in [0.4, 0.5) is 0 Å². The summed E-state index contributed by atoms with van der Waals surface area (Å²) in [5.41, 5.74) is 0. The molecule has 2 rings (SSSR count). The summed E-state index contributed by atoms with van der Waals surface area (Å²) in [4.78, 5) is 16.4. The van der Waals surface area contributed by atoms with E-state index in [9.17, 15) is 13.2 Å². The van der Waals surface area contributed by atoms with Gasteiger partial charge in [-0.05, 0) is 38.1 Å². The molecule has 0 unspecified atom stereocenters. The number of nitrogens with zero attached hydrogens (tertiary/aromatic N) is 3. The van der Waals surface area contributed by atoms with E-state index in [4.69, 9.17) is 9.47 Å². The van der Waals surface area contributed by atoms with E-state index in [1.165, 1.54) is 30.7 Å². The van der Waals surface area contributed by atoms with Crippen LogP contribution in [-0.4, -0.2) is 89.0 Å². The summed E-state index contributed by atoms with van der Waals surface area (Å²) in [6, 6.07) is 4.56. The molecule has 1 aliphatic rings. The number of sulfonamides is 1. The molecule has 9 heteroatoms. The molecule has 164 valence electrons. The average molecular weight is 428 g/mol. The number of carbonyl (C=O) groups is 1. The smallest absolute Gasteiger partial charge is 0.243 e. The van der Waals surface area contributed by atoms with E-state index in [-0.39, 0.29) is 23.9 Å². The fourth-order valence-corrected chi connectivity index (χ4v) is 4.63. The Morgan fingerprint density at radius 1 is 1.10 bits per heavy atom. The zero-order valence-electron chi connectivity index (χ0n) is 18.1. The Labute approximate surface area is 174 Å². The van der Waals surface area contributed by atoms with Crippen molar-refractivity contribution in [2.45, 2.75) is 25.2 Å². The third-order valence-corrected chi connectivity index (χ3v) is 6.97. The molecule has 0 radical (unpaired) electrons.